The van der Waals surface area contributed by atoms with E-state index in [-0.39, 0.29) is 0 Å². The molecule has 1 fully saturated rings. The molecule has 0 spiro atoms. The molecule has 1 aliphatic rings. The molecule has 0 aliphatic heterocycles. The lowest BCUT2D eigenvalue weighted by molar-refractivity contribution is 0.412. The highest BCUT2D eigenvalue weighted by atomic mass is 15.1. The van der Waals surface area contributed by atoms with E-state index in [1.165, 1.54) is 37.7 Å². The van der Waals surface area contributed by atoms with Crippen LogP contribution in [0.5, 0.6) is 0 Å². The standard InChI is InChI=1S/C15H23N3/c16-15(18-14-9-5-2-6-10-14)17-12-11-13-7-3-1-4-8-13/h1,3-4,7-8,14H,2,5-6,9-12H2,(H3,16,17,18). The predicted octanol–water partition coefficient (Wildman–Crippen LogP) is 2.47. The Morgan fingerprint density at radius 1 is 1.17 bits per heavy atom. The highest BCUT2D eigenvalue weighted by molar-refractivity contribution is 5.78. The number of guanidine groups is 1. The Labute approximate surface area is 109 Å². The van der Waals surface area contributed by atoms with Crippen LogP contribution in [0.1, 0.15) is 37.7 Å². The second-order valence-electron chi connectivity index (χ2n) is 4.98. The van der Waals surface area contributed by atoms with Gasteiger partial charge in [-0.2, -0.15) is 0 Å². The lowest BCUT2D eigenvalue weighted by atomic mass is 9.96. The average Bonchev–Trinajstić information content (AvgIpc) is 2.41. The van der Waals surface area contributed by atoms with E-state index in [9.17, 15) is 0 Å². The molecule has 0 radical (unpaired) electrons. The zero-order valence-corrected chi connectivity index (χ0v) is 10.9. The number of benzene rings is 1. The minimum Gasteiger partial charge on any atom is -0.370 e. The average molecular weight is 245 g/mol. The van der Waals surface area contributed by atoms with E-state index in [2.05, 4.69) is 34.6 Å². The van der Waals surface area contributed by atoms with Gasteiger partial charge in [0.05, 0.1) is 0 Å². The number of rotatable bonds is 4. The van der Waals surface area contributed by atoms with Gasteiger partial charge in [0.25, 0.3) is 0 Å². The fourth-order valence-corrected chi connectivity index (χ4v) is 2.45. The molecule has 1 aliphatic carbocycles. The molecule has 0 unspecified atom stereocenters. The summed E-state index contributed by atoms with van der Waals surface area (Å²) < 4.78 is 0. The first-order chi connectivity index (χ1) is 8.84. The Balaban J connectivity index is 1.71. The maximum absolute atomic E-state index is 5.91. The van der Waals surface area contributed by atoms with Gasteiger partial charge in [-0.3, -0.25) is 4.99 Å². The van der Waals surface area contributed by atoms with E-state index in [1.54, 1.807) is 0 Å². The van der Waals surface area contributed by atoms with Gasteiger partial charge >= 0.3 is 0 Å². The van der Waals surface area contributed by atoms with Crippen molar-refractivity contribution in [1.82, 2.24) is 5.32 Å². The van der Waals surface area contributed by atoms with Crippen molar-refractivity contribution < 1.29 is 0 Å². The fourth-order valence-electron chi connectivity index (χ4n) is 2.45. The van der Waals surface area contributed by atoms with Gasteiger partial charge in [0.15, 0.2) is 5.96 Å². The molecule has 1 aromatic carbocycles. The topological polar surface area (TPSA) is 50.4 Å². The highest BCUT2D eigenvalue weighted by Gasteiger charge is 2.12. The molecule has 0 aromatic heterocycles. The number of nitrogens with zero attached hydrogens (tertiary/aromatic N) is 1. The summed E-state index contributed by atoms with van der Waals surface area (Å²) in [6.45, 7) is 0.759. The first-order valence-electron chi connectivity index (χ1n) is 6.95. The molecule has 3 heteroatoms. The van der Waals surface area contributed by atoms with Crippen LogP contribution in [0.15, 0.2) is 35.3 Å². The highest BCUT2D eigenvalue weighted by Crippen LogP contribution is 2.16. The van der Waals surface area contributed by atoms with Crippen LogP contribution in [-0.2, 0) is 6.42 Å². The van der Waals surface area contributed by atoms with Crippen molar-refractivity contribution in [2.45, 2.75) is 44.6 Å². The maximum Gasteiger partial charge on any atom is 0.188 e. The molecule has 3 nitrogen and oxygen atoms in total. The first-order valence-corrected chi connectivity index (χ1v) is 6.95. The van der Waals surface area contributed by atoms with Gasteiger partial charge in [0.1, 0.15) is 0 Å². The molecule has 3 N–H and O–H groups in total. The fraction of sp³-hybridized carbons (Fsp3) is 0.533. The molecule has 0 saturated heterocycles. The number of nitrogens with one attached hydrogen (secondary N) is 1. The zero-order chi connectivity index (χ0) is 12.6. The van der Waals surface area contributed by atoms with Crippen molar-refractivity contribution >= 4 is 5.96 Å². The summed E-state index contributed by atoms with van der Waals surface area (Å²) in [4.78, 5) is 4.40. The summed E-state index contributed by atoms with van der Waals surface area (Å²) in [5, 5.41) is 3.33. The van der Waals surface area contributed by atoms with Crippen LogP contribution in [0.4, 0.5) is 0 Å². The van der Waals surface area contributed by atoms with E-state index in [4.69, 9.17) is 5.73 Å². The van der Waals surface area contributed by atoms with Crippen molar-refractivity contribution in [2.24, 2.45) is 10.7 Å². The number of hydrogen-bond acceptors (Lipinski definition) is 1. The smallest absolute Gasteiger partial charge is 0.188 e. The Kier molecular flexibility index (Phi) is 5.06. The van der Waals surface area contributed by atoms with E-state index < -0.39 is 0 Å². The van der Waals surface area contributed by atoms with E-state index in [1.807, 2.05) is 6.07 Å². The van der Waals surface area contributed by atoms with Crippen LogP contribution >= 0.6 is 0 Å². The molecular formula is C15H23N3. The Bertz CT molecular complexity index is 367. The molecule has 0 atom stereocenters. The van der Waals surface area contributed by atoms with Crippen molar-refractivity contribution in [3.05, 3.63) is 35.9 Å². The summed E-state index contributed by atoms with van der Waals surface area (Å²) in [5.41, 5.74) is 7.22. The third-order valence-corrected chi connectivity index (χ3v) is 3.48. The molecule has 1 aromatic rings. The minimum absolute atomic E-state index is 0.541. The lowest BCUT2D eigenvalue weighted by Gasteiger charge is -2.23. The minimum atomic E-state index is 0.541. The summed E-state index contributed by atoms with van der Waals surface area (Å²) in [6.07, 6.45) is 7.41. The van der Waals surface area contributed by atoms with Crippen molar-refractivity contribution in [3.8, 4) is 0 Å². The van der Waals surface area contributed by atoms with Gasteiger partial charge in [-0.15, -0.1) is 0 Å². The molecule has 98 valence electrons. The molecule has 2 rings (SSSR count). The van der Waals surface area contributed by atoms with Crippen molar-refractivity contribution in [1.29, 1.82) is 0 Å². The molecule has 0 heterocycles. The third-order valence-electron chi connectivity index (χ3n) is 3.48. The van der Waals surface area contributed by atoms with Crippen LogP contribution in [0.2, 0.25) is 0 Å². The summed E-state index contributed by atoms with van der Waals surface area (Å²) >= 11 is 0. The second kappa shape index (κ2) is 7.04. The van der Waals surface area contributed by atoms with Crippen LogP contribution in [0, 0.1) is 0 Å². The maximum atomic E-state index is 5.91. The van der Waals surface area contributed by atoms with Gasteiger partial charge in [-0.1, -0.05) is 49.6 Å². The Morgan fingerprint density at radius 2 is 1.89 bits per heavy atom. The van der Waals surface area contributed by atoms with Crippen molar-refractivity contribution in [3.63, 3.8) is 0 Å². The summed E-state index contributed by atoms with van der Waals surface area (Å²) in [5.74, 6) is 0.609. The lowest BCUT2D eigenvalue weighted by Crippen LogP contribution is -2.41. The number of nitrogens with two attached hydrogens (primary N) is 1. The Morgan fingerprint density at radius 3 is 2.61 bits per heavy atom. The molecule has 0 bridgehead atoms. The molecule has 0 amide bonds. The summed E-state index contributed by atoms with van der Waals surface area (Å²) in [6, 6.07) is 10.9. The van der Waals surface area contributed by atoms with Gasteiger partial charge in [0, 0.05) is 12.6 Å². The van der Waals surface area contributed by atoms with Crippen molar-refractivity contribution in [2.75, 3.05) is 6.54 Å². The van der Waals surface area contributed by atoms with Gasteiger partial charge in [-0.05, 0) is 24.8 Å². The molecule has 18 heavy (non-hydrogen) atoms. The first kappa shape index (κ1) is 12.9. The monoisotopic (exact) mass is 245 g/mol. The van der Waals surface area contributed by atoms with E-state index in [0.717, 1.165) is 13.0 Å². The molecular weight excluding hydrogens is 222 g/mol. The zero-order valence-electron chi connectivity index (χ0n) is 10.9. The number of aliphatic imine (C=N–C) groups is 1. The van der Waals surface area contributed by atoms with Crippen LogP contribution in [-0.4, -0.2) is 18.5 Å². The van der Waals surface area contributed by atoms with Gasteiger partial charge in [-0.25, -0.2) is 0 Å². The third kappa shape index (κ3) is 4.40. The van der Waals surface area contributed by atoms with Gasteiger partial charge in [0.2, 0.25) is 0 Å². The van der Waals surface area contributed by atoms with E-state index >= 15 is 0 Å². The SMILES string of the molecule is NC(=NCCc1ccccc1)NC1CCCCC1. The van der Waals surface area contributed by atoms with Crippen LogP contribution < -0.4 is 11.1 Å². The Hall–Kier alpha value is -1.51. The normalized spacial score (nSPS) is 17.7. The summed E-state index contributed by atoms with van der Waals surface area (Å²) in [7, 11) is 0. The second-order valence-corrected chi connectivity index (χ2v) is 4.98. The van der Waals surface area contributed by atoms with Crippen LogP contribution in [0.3, 0.4) is 0 Å². The van der Waals surface area contributed by atoms with Gasteiger partial charge < -0.3 is 11.1 Å². The largest absolute Gasteiger partial charge is 0.370 e. The quantitative estimate of drug-likeness (QED) is 0.632. The van der Waals surface area contributed by atoms with E-state index in [0.29, 0.717) is 12.0 Å². The predicted molar refractivity (Wildman–Crippen MR) is 76.6 cm³/mol. The number of hydrogen-bond donors (Lipinski definition) is 2. The molecule has 1 saturated carbocycles. The van der Waals surface area contributed by atoms with Crippen LogP contribution in [0.25, 0.3) is 0 Å².